The van der Waals surface area contributed by atoms with Gasteiger partial charge in [0.25, 0.3) is 0 Å². The van der Waals surface area contributed by atoms with Gasteiger partial charge in [-0.3, -0.25) is 9.79 Å². The van der Waals surface area contributed by atoms with Gasteiger partial charge in [0, 0.05) is 12.1 Å². The summed E-state index contributed by atoms with van der Waals surface area (Å²) < 4.78 is 0. The number of Topliss-reactive ketones (excluding diaryl/α,β-unsaturated/α-hetero) is 1. The molecule has 182 valence electrons. The summed E-state index contributed by atoms with van der Waals surface area (Å²) in [6.07, 6.45) is 5.97. The quantitative estimate of drug-likeness (QED) is 0.464. The zero-order valence-corrected chi connectivity index (χ0v) is 22.5. The first kappa shape index (κ1) is 32.0. The molecule has 0 spiro atoms. The van der Waals surface area contributed by atoms with Crippen LogP contribution in [0.1, 0.15) is 100 Å². The highest BCUT2D eigenvalue weighted by molar-refractivity contribution is 5.90. The summed E-state index contributed by atoms with van der Waals surface area (Å²) in [7, 11) is 0. The number of phenolic OH excluding ortho intramolecular Hbond substituents is 1. The summed E-state index contributed by atoms with van der Waals surface area (Å²) in [6, 6.07) is 7.27. The predicted molar refractivity (Wildman–Crippen MR) is 143 cm³/mol. The van der Waals surface area contributed by atoms with Crippen molar-refractivity contribution < 1.29 is 9.90 Å². The van der Waals surface area contributed by atoms with Crippen molar-refractivity contribution in [1.29, 1.82) is 0 Å². The van der Waals surface area contributed by atoms with Gasteiger partial charge in [0.1, 0.15) is 11.5 Å². The fourth-order valence-corrected chi connectivity index (χ4v) is 2.92. The van der Waals surface area contributed by atoms with E-state index in [1.54, 1.807) is 12.1 Å². The van der Waals surface area contributed by atoms with Crippen LogP contribution < -0.4 is 0 Å². The van der Waals surface area contributed by atoms with Gasteiger partial charge in [0.2, 0.25) is 0 Å². The van der Waals surface area contributed by atoms with Crippen LogP contribution in [0.3, 0.4) is 0 Å². The molecule has 1 atom stereocenters. The van der Waals surface area contributed by atoms with Crippen LogP contribution in [-0.2, 0) is 11.2 Å². The Morgan fingerprint density at radius 1 is 1.06 bits per heavy atom. The van der Waals surface area contributed by atoms with Gasteiger partial charge in [-0.1, -0.05) is 79.5 Å². The van der Waals surface area contributed by atoms with Crippen LogP contribution in [-0.4, -0.2) is 16.6 Å². The highest BCUT2D eigenvalue weighted by Crippen LogP contribution is 2.31. The van der Waals surface area contributed by atoms with Crippen molar-refractivity contribution in [3.63, 3.8) is 0 Å². The smallest absolute Gasteiger partial charge is 0.145 e. The highest BCUT2D eigenvalue weighted by Gasteiger charge is 2.26. The van der Waals surface area contributed by atoms with Gasteiger partial charge in [0.15, 0.2) is 0 Å². The number of allylic oxidation sites excluding steroid dienone is 3. The Hall–Kier alpha value is -2.16. The average Bonchev–Trinajstić information content (AvgIpc) is 2.78. The minimum absolute atomic E-state index is 0.0737. The lowest BCUT2D eigenvalue weighted by Gasteiger charge is -2.22. The number of hydrogen-bond donors (Lipinski definition) is 1. The second-order valence-electron chi connectivity index (χ2n) is 8.09. The fraction of sp³-hybridized carbons (Fsp3) is 0.586. The molecule has 3 nitrogen and oxygen atoms in total. The summed E-state index contributed by atoms with van der Waals surface area (Å²) in [5.74, 6) is 1.55. The summed E-state index contributed by atoms with van der Waals surface area (Å²) in [4.78, 5) is 16.0. The molecule has 1 N–H and O–H groups in total. The number of nitrogens with zero attached hydrogens (tertiary/aromatic N) is 1. The zero-order chi connectivity index (χ0) is 25.3. The lowest BCUT2D eigenvalue weighted by atomic mass is 9.85. The van der Waals surface area contributed by atoms with Gasteiger partial charge in [-0.15, -0.1) is 0 Å². The third-order valence-corrected chi connectivity index (χ3v) is 5.28. The number of hydrogen-bond acceptors (Lipinski definition) is 3. The van der Waals surface area contributed by atoms with Crippen LogP contribution in [0.5, 0.6) is 5.75 Å². The van der Waals surface area contributed by atoms with Crippen molar-refractivity contribution in [2.75, 3.05) is 0 Å². The highest BCUT2D eigenvalue weighted by atomic mass is 16.3. The Kier molecular flexibility index (Phi) is 18.4. The van der Waals surface area contributed by atoms with E-state index in [0.29, 0.717) is 12.2 Å². The zero-order valence-electron chi connectivity index (χ0n) is 22.5. The van der Waals surface area contributed by atoms with Gasteiger partial charge in [0.05, 0.1) is 11.6 Å². The second-order valence-corrected chi connectivity index (χ2v) is 8.09. The number of ketones is 1. The number of aromatic hydroxyl groups is 1. The average molecular weight is 444 g/mol. The third kappa shape index (κ3) is 12.6. The number of aliphatic imine (C=N–C) groups is 1. The van der Waals surface area contributed by atoms with Crippen molar-refractivity contribution in [1.82, 2.24) is 0 Å². The lowest BCUT2D eigenvalue weighted by molar-refractivity contribution is -0.120. The molecule has 0 aromatic heterocycles. The molecule has 0 aliphatic heterocycles. The first-order valence-electron chi connectivity index (χ1n) is 12.4. The third-order valence-electron chi connectivity index (χ3n) is 5.28. The number of phenols is 1. The molecular weight excluding hydrogens is 394 g/mol. The Labute approximate surface area is 198 Å². The van der Waals surface area contributed by atoms with Crippen molar-refractivity contribution in [2.24, 2.45) is 16.8 Å². The first-order valence-corrected chi connectivity index (χ1v) is 12.4. The van der Waals surface area contributed by atoms with Crippen molar-refractivity contribution in [3.8, 4) is 5.75 Å². The maximum atomic E-state index is 11.6. The maximum Gasteiger partial charge on any atom is 0.145 e. The molecule has 1 fully saturated rings. The van der Waals surface area contributed by atoms with E-state index in [1.165, 1.54) is 24.8 Å². The second kappa shape index (κ2) is 18.4. The van der Waals surface area contributed by atoms with Crippen LogP contribution >= 0.6 is 0 Å². The molecule has 3 heteroatoms. The summed E-state index contributed by atoms with van der Waals surface area (Å²) >= 11 is 0. The van der Waals surface area contributed by atoms with Crippen molar-refractivity contribution in [3.05, 3.63) is 53.3 Å². The SMILES string of the molecule is C=C1CC(=O)C(C)C(N=C(C)C)=C1C.CC.CC.CC1CCC1.CCc1ccc(O)cc1. The van der Waals surface area contributed by atoms with Crippen LogP contribution in [0.2, 0.25) is 0 Å². The van der Waals surface area contributed by atoms with E-state index in [0.717, 1.165) is 34.9 Å². The Balaban J connectivity index is 0. The van der Waals surface area contributed by atoms with Gasteiger partial charge in [-0.25, -0.2) is 0 Å². The first-order chi connectivity index (χ1) is 15.1. The Morgan fingerprint density at radius 3 is 1.88 bits per heavy atom. The lowest BCUT2D eigenvalue weighted by Crippen LogP contribution is -2.20. The maximum absolute atomic E-state index is 11.6. The number of carbonyl (C=O) groups is 1. The summed E-state index contributed by atoms with van der Waals surface area (Å²) in [6.45, 7) is 24.1. The Morgan fingerprint density at radius 2 is 1.53 bits per heavy atom. The fourth-order valence-electron chi connectivity index (χ4n) is 2.92. The predicted octanol–water partition coefficient (Wildman–Crippen LogP) is 8.72. The molecule has 2 aliphatic carbocycles. The number of rotatable bonds is 2. The molecule has 0 heterocycles. The molecule has 3 rings (SSSR count). The summed E-state index contributed by atoms with van der Waals surface area (Å²) in [5.41, 5.74) is 5.12. The molecule has 0 saturated heterocycles. The molecule has 0 amide bonds. The summed E-state index contributed by atoms with van der Waals surface area (Å²) in [5, 5.41) is 8.85. The molecule has 0 bridgehead atoms. The van der Waals surface area contributed by atoms with Crippen LogP contribution in [0.15, 0.2) is 52.7 Å². The van der Waals surface area contributed by atoms with E-state index in [1.807, 2.05) is 67.5 Å². The van der Waals surface area contributed by atoms with Crippen LogP contribution in [0, 0.1) is 11.8 Å². The molecular formula is C29H49NO2. The topological polar surface area (TPSA) is 49.7 Å². The van der Waals surface area contributed by atoms with E-state index in [9.17, 15) is 4.79 Å². The van der Waals surface area contributed by atoms with Crippen LogP contribution in [0.4, 0.5) is 0 Å². The minimum atomic E-state index is -0.0737. The number of benzene rings is 1. The molecule has 1 saturated carbocycles. The van der Waals surface area contributed by atoms with Crippen LogP contribution in [0.25, 0.3) is 0 Å². The van der Waals surface area contributed by atoms with Gasteiger partial charge in [-0.05, 0) is 68.9 Å². The van der Waals surface area contributed by atoms with E-state index in [2.05, 4.69) is 25.4 Å². The van der Waals surface area contributed by atoms with Crippen molar-refractivity contribution in [2.45, 2.75) is 101 Å². The van der Waals surface area contributed by atoms with E-state index >= 15 is 0 Å². The number of carbonyl (C=O) groups excluding carboxylic acids is 1. The molecule has 1 aromatic carbocycles. The molecule has 1 unspecified atom stereocenters. The number of aryl methyl sites for hydroxylation is 1. The monoisotopic (exact) mass is 443 g/mol. The van der Waals surface area contributed by atoms with Gasteiger partial charge < -0.3 is 5.11 Å². The molecule has 0 radical (unpaired) electrons. The normalized spacial score (nSPS) is 17.0. The molecule has 1 aromatic rings. The molecule has 2 aliphatic rings. The van der Waals surface area contributed by atoms with E-state index in [-0.39, 0.29) is 11.7 Å². The van der Waals surface area contributed by atoms with E-state index < -0.39 is 0 Å². The van der Waals surface area contributed by atoms with Gasteiger partial charge in [-0.2, -0.15) is 0 Å². The Bertz CT molecular complexity index is 718. The van der Waals surface area contributed by atoms with E-state index in [4.69, 9.17) is 5.11 Å². The largest absolute Gasteiger partial charge is 0.508 e. The standard InChI is InChI=1S/C12H17NO.C8H10O.C5H10.2C2H6/c1-7(2)13-12-9(4)8(3)6-11(14)10(12)5;1-2-7-3-5-8(9)6-4-7;1-5-3-2-4-5;2*1-2/h10H,3,6H2,1-2,4-5H3;3-6,9H,2H2,1H3;5H,2-4H2,1H3;2*1-2H3. The minimum Gasteiger partial charge on any atom is -0.508 e. The van der Waals surface area contributed by atoms with Crippen molar-refractivity contribution >= 4 is 11.5 Å². The van der Waals surface area contributed by atoms with Gasteiger partial charge >= 0.3 is 0 Å². The molecule has 32 heavy (non-hydrogen) atoms.